The molecule has 2 aromatic rings. The van der Waals surface area contributed by atoms with Gasteiger partial charge in [-0.15, -0.1) is 0 Å². The van der Waals surface area contributed by atoms with E-state index in [1.165, 1.54) is 17.8 Å². The van der Waals surface area contributed by atoms with E-state index >= 15 is 0 Å². The maximum absolute atomic E-state index is 13.9. The normalized spacial score (nSPS) is 23.8. The molecule has 2 aromatic carbocycles. The van der Waals surface area contributed by atoms with E-state index in [2.05, 4.69) is 4.99 Å². The lowest BCUT2D eigenvalue weighted by molar-refractivity contribution is 0.601. The molecule has 1 fully saturated rings. The van der Waals surface area contributed by atoms with Crippen molar-refractivity contribution in [2.24, 2.45) is 4.99 Å². The number of halogens is 2. The van der Waals surface area contributed by atoms with Crippen LogP contribution >= 0.6 is 23.4 Å². The maximum atomic E-state index is 13.9. The van der Waals surface area contributed by atoms with Gasteiger partial charge in [-0.3, -0.25) is 4.99 Å². The lowest BCUT2D eigenvalue weighted by Crippen LogP contribution is -2.39. The molecule has 4 rings (SSSR count). The molecule has 0 saturated carbocycles. The van der Waals surface area contributed by atoms with Crippen molar-refractivity contribution >= 4 is 44.1 Å². The largest absolute Gasteiger partial charge is 0.315 e. The van der Waals surface area contributed by atoms with Gasteiger partial charge in [0.15, 0.2) is 15.0 Å². The average molecular weight is 411 g/mol. The summed E-state index contributed by atoms with van der Waals surface area (Å²) in [6.07, 6.45) is 0. The Bertz CT molecular complexity index is 981. The quantitative estimate of drug-likeness (QED) is 0.773. The van der Waals surface area contributed by atoms with Crippen molar-refractivity contribution in [3.63, 3.8) is 0 Å². The number of amidine groups is 1. The Labute approximate surface area is 161 Å². The van der Waals surface area contributed by atoms with Crippen LogP contribution in [-0.2, 0) is 15.6 Å². The van der Waals surface area contributed by atoms with E-state index in [0.29, 0.717) is 21.5 Å². The van der Waals surface area contributed by atoms with Crippen LogP contribution in [0.1, 0.15) is 5.56 Å². The summed E-state index contributed by atoms with van der Waals surface area (Å²) < 4.78 is 38.0. The van der Waals surface area contributed by atoms with Crippen molar-refractivity contribution < 1.29 is 12.8 Å². The molecule has 0 unspecified atom stereocenters. The van der Waals surface area contributed by atoms with Gasteiger partial charge in [0.25, 0.3) is 0 Å². The number of rotatable bonds is 3. The van der Waals surface area contributed by atoms with Crippen LogP contribution in [0.2, 0.25) is 5.02 Å². The predicted octanol–water partition coefficient (Wildman–Crippen LogP) is 3.75. The molecule has 0 N–H and O–H groups in total. The van der Waals surface area contributed by atoms with E-state index in [9.17, 15) is 12.8 Å². The van der Waals surface area contributed by atoms with Crippen molar-refractivity contribution in [3.05, 3.63) is 64.9 Å². The number of hydrogen-bond donors (Lipinski definition) is 0. The lowest BCUT2D eigenvalue weighted by Gasteiger charge is -2.26. The van der Waals surface area contributed by atoms with Crippen LogP contribution in [0.3, 0.4) is 0 Å². The van der Waals surface area contributed by atoms with Crippen LogP contribution in [0.15, 0.2) is 53.5 Å². The number of nitrogens with zero attached hydrogens (tertiary/aromatic N) is 2. The summed E-state index contributed by atoms with van der Waals surface area (Å²) in [6.45, 7) is 0. The highest BCUT2D eigenvalue weighted by atomic mass is 35.5. The van der Waals surface area contributed by atoms with E-state index in [1.807, 2.05) is 17.0 Å². The maximum Gasteiger partial charge on any atom is 0.164 e. The first-order chi connectivity index (χ1) is 12.4. The van der Waals surface area contributed by atoms with Gasteiger partial charge in [-0.2, -0.15) is 0 Å². The van der Waals surface area contributed by atoms with Crippen molar-refractivity contribution in [2.45, 2.75) is 17.8 Å². The van der Waals surface area contributed by atoms with Crippen molar-refractivity contribution in [3.8, 4) is 0 Å². The van der Waals surface area contributed by atoms with E-state index in [-0.39, 0.29) is 29.4 Å². The summed E-state index contributed by atoms with van der Waals surface area (Å²) >= 11 is 7.54. The summed E-state index contributed by atoms with van der Waals surface area (Å²) in [5.74, 6) is 0.292. The standard InChI is InChI=1S/C18H16ClFN2O2S2/c19-13-5-3-6-14(8-13)22-17-11-26(23,24)10-16(17)21-18(22)25-9-12-4-1-2-7-15(12)20/h1-8,16-17H,9-11H2/t16-,17+/m0/s1. The van der Waals surface area contributed by atoms with Gasteiger partial charge >= 0.3 is 0 Å². The van der Waals surface area contributed by atoms with Crippen LogP contribution < -0.4 is 4.90 Å². The van der Waals surface area contributed by atoms with E-state index < -0.39 is 9.84 Å². The molecule has 1 saturated heterocycles. The molecule has 2 aliphatic rings. The fourth-order valence-electron chi connectivity index (χ4n) is 3.32. The molecule has 26 heavy (non-hydrogen) atoms. The number of aliphatic imine (C=N–C) groups is 1. The van der Waals surface area contributed by atoms with Crippen molar-refractivity contribution in [1.82, 2.24) is 0 Å². The zero-order chi connectivity index (χ0) is 18.3. The van der Waals surface area contributed by atoms with Gasteiger partial charge in [0.2, 0.25) is 0 Å². The van der Waals surface area contributed by atoms with Gasteiger partial charge in [-0.05, 0) is 29.8 Å². The molecule has 0 radical (unpaired) electrons. The second-order valence-electron chi connectivity index (χ2n) is 6.35. The van der Waals surface area contributed by atoms with Gasteiger partial charge in [-0.1, -0.05) is 47.6 Å². The summed E-state index contributed by atoms with van der Waals surface area (Å²) in [6, 6.07) is 13.4. The van der Waals surface area contributed by atoms with Gasteiger partial charge in [0.1, 0.15) is 5.82 Å². The number of benzene rings is 2. The molecule has 4 nitrogen and oxygen atoms in total. The van der Waals surface area contributed by atoms with Gasteiger partial charge in [-0.25, -0.2) is 12.8 Å². The molecule has 0 bridgehead atoms. The Balaban J connectivity index is 1.64. The van der Waals surface area contributed by atoms with Crippen LogP contribution in [0, 0.1) is 5.82 Å². The van der Waals surface area contributed by atoms with Gasteiger partial charge in [0.05, 0.1) is 23.6 Å². The monoisotopic (exact) mass is 410 g/mol. The SMILES string of the molecule is O=S1(=O)C[C@@H]2N=C(SCc3ccccc3F)N(c3cccc(Cl)c3)[C@@H]2C1. The molecule has 2 atom stereocenters. The third-order valence-electron chi connectivity index (χ3n) is 4.51. The minimum absolute atomic E-state index is 0.0541. The number of thioether (sulfide) groups is 1. The first-order valence-electron chi connectivity index (χ1n) is 8.12. The highest BCUT2D eigenvalue weighted by molar-refractivity contribution is 8.13. The molecular formula is C18H16ClFN2O2S2. The fraction of sp³-hybridized carbons (Fsp3) is 0.278. The molecule has 136 valence electrons. The number of hydrogen-bond acceptors (Lipinski definition) is 5. The second-order valence-corrected chi connectivity index (χ2v) is 9.89. The minimum atomic E-state index is -3.10. The number of anilines is 1. The summed E-state index contributed by atoms with van der Waals surface area (Å²) in [5, 5.41) is 1.28. The highest BCUT2D eigenvalue weighted by Gasteiger charge is 2.47. The van der Waals surface area contributed by atoms with E-state index in [1.54, 1.807) is 30.3 Å². The van der Waals surface area contributed by atoms with E-state index in [4.69, 9.17) is 11.6 Å². The molecule has 0 amide bonds. The number of sulfone groups is 1. The summed E-state index contributed by atoms with van der Waals surface area (Å²) in [7, 11) is -3.10. The molecule has 2 aliphatic heterocycles. The fourth-order valence-corrected chi connectivity index (χ4v) is 6.46. The van der Waals surface area contributed by atoms with Crippen LogP contribution in [0.4, 0.5) is 10.1 Å². The summed E-state index contributed by atoms with van der Waals surface area (Å²) in [5.41, 5.74) is 1.40. The highest BCUT2D eigenvalue weighted by Crippen LogP contribution is 2.36. The Morgan fingerprint density at radius 1 is 1.19 bits per heavy atom. The Hall–Kier alpha value is -1.57. The van der Waals surface area contributed by atoms with Crippen LogP contribution in [0.25, 0.3) is 0 Å². The molecule has 2 heterocycles. The summed E-state index contributed by atoms with van der Waals surface area (Å²) in [4.78, 5) is 6.58. The molecular weight excluding hydrogens is 395 g/mol. The smallest absolute Gasteiger partial charge is 0.164 e. The third kappa shape index (κ3) is 3.48. The number of fused-ring (bicyclic) bond motifs is 1. The zero-order valence-corrected chi connectivity index (χ0v) is 16.1. The zero-order valence-electron chi connectivity index (χ0n) is 13.7. The van der Waals surface area contributed by atoms with Crippen molar-refractivity contribution in [1.29, 1.82) is 0 Å². The third-order valence-corrected chi connectivity index (χ3v) is 7.46. The minimum Gasteiger partial charge on any atom is -0.315 e. The Kier molecular flexibility index (Phi) is 4.71. The second kappa shape index (κ2) is 6.87. The predicted molar refractivity (Wildman–Crippen MR) is 105 cm³/mol. The first-order valence-corrected chi connectivity index (χ1v) is 11.3. The lowest BCUT2D eigenvalue weighted by atomic mass is 10.1. The van der Waals surface area contributed by atoms with Crippen molar-refractivity contribution in [2.75, 3.05) is 16.4 Å². The van der Waals surface area contributed by atoms with E-state index in [0.717, 1.165) is 5.69 Å². The van der Waals surface area contributed by atoms with Gasteiger partial charge < -0.3 is 4.90 Å². The molecule has 0 aromatic heterocycles. The first kappa shape index (κ1) is 17.8. The van der Waals surface area contributed by atoms with Crippen LogP contribution in [0.5, 0.6) is 0 Å². The molecule has 8 heteroatoms. The Morgan fingerprint density at radius 3 is 2.77 bits per heavy atom. The topological polar surface area (TPSA) is 49.7 Å². The van der Waals surface area contributed by atoms with Gasteiger partial charge in [0, 0.05) is 16.5 Å². The van der Waals surface area contributed by atoms with Crippen LogP contribution in [-0.4, -0.2) is 37.2 Å². The molecule has 0 spiro atoms. The Morgan fingerprint density at radius 2 is 2.00 bits per heavy atom. The molecule has 0 aliphatic carbocycles. The average Bonchev–Trinajstić information content (AvgIpc) is 3.05.